The zero-order valence-electron chi connectivity index (χ0n) is 15.0. The SMILES string of the molecule is CNC(=O)[C@@H]1CN(C(=O)C2=CC=CN3CCS(=O)(=O)N=C23)c2ccccc2O1. The number of likely N-dealkylation sites (N-methyl/N-ethyl adjacent to an activating group) is 1. The van der Waals surface area contributed by atoms with Gasteiger partial charge in [-0.25, -0.2) is 8.42 Å². The number of benzene rings is 1. The minimum absolute atomic E-state index is 0.00337. The fourth-order valence-corrected chi connectivity index (χ4v) is 4.24. The number of fused-ring (bicyclic) bond motifs is 2. The Balaban J connectivity index is 1.74. The van der Waals surface area contributed by atoms with Gasteiger partial charge in [-0.2, -0.15) is 0 Å². The molecule has 146 valence electrons. The molecule has 0 saturated carbocycles. The van der Waals surface area contributed by atoms with Crippen LogP contribution in [0.5, 0.6) is 5.75 Å². The van der Waals surface area contributed by atoms with E-state index in [2.05, 4.69) is 9.71 Å². The summed E-state index contributed by atoms with van der Waals surface area (Å²) in [5.74, 6) is -0.419. The molecule has 0 unspecified atom stereocenters. The molecule has 1 aromatic carbocycles. The molecule has 9 nitrogen and oxygen atoms in total. The quantitative estimate of drug-likeness (QED) is 0.747. The minimum Gasteiger partial charge on any atom is -0.477 e. The molecule has 0 fully saturated rings. The number of amides is 2. The van der Waals surface area contributed by atoms with E-state index in [1.807, 2.05) is 0 Å². The van der Waals surface area contributed by atoms with E-state index in [-0.39, 0.29) is 36.2 Å². The number of nitrogens with zero attached hydrogens (tertiary/aromatic N) is 3. The van der Waals surface area contributed by atoms with E-state index < -0.39 is 22.0 Å². The van der Waals surface area contributed by atoms with Gasteiger partial charge in [-0.3, -0.25) is 9.59 Å². The Morgan fingerprint density at radius 2 is 2.07 bits per heavy atom. The Hall–Kier alpha value is -3.14. The number of ether oxygens (including phenoxy) is 1. The van der Waals surface area contributed by atoms with Crippen LogP contribution in [-0.2, 0) is 19.6 Å². The van der Waals surface area contributed by atoms with Crippen LogP contribution in [0.2, 0.25) is 0 Å². The van der Waals surface area contributed by atoms with Gasteiger partial charge < -0.3 is 19.9 Å². The van der Waals surface area contributed by atoms with Crippen LogP contribution in [0, 0.1) is 0 Å². The Labute approximate surface area is 162 Å². The number of allylic oxidation sites excluding steroid dienone is 2. The summed E-state index contributed by atoms with van der Waals surface area (Å²) >= 11 is 0. The summed E-state index contributed by atoms with van der Waals surface area (Å²) in [4.78, 5) is 28.6. The summed E-state index contributed by atoms with van der Waals surface area (Å²) in [6.07, 6.45) is 4.01. The largest absolute Gasteiger partial charge is 0.477 e. The second-order valence-corrected chi connectivity index (χ2v) is 8.18. The zero-order valence-corrected chi connectivity index (χ0v) is 15.8. The van der Waals surface area contributed by atoms with Crippen molar-refractivity contribution in [3.05, 3.63) is 48.2 Å². The van der Waals surface area contributed by atoms with E-state index in [0.29, 0.717) is 11.4 Å². The minimum atomic E-state index is -3.63. The molecule has 10 heteroatoms. The normalized spacial score (nSPS) is 22.2. The van der Waals surface area contributed by atoms with E-state index in [0.717, 1.165) is 0 Å². The van der Waals surface area contributed by atoms with Crippen LogP contribution in [0.25, 0.3) is 0 Å². The van der Waals surface area contributed by atoms with Crippen molar-refractivity contribution in [2.24, 2.45) is 4.40 Å². The third-order valence-electron chi connectivity index (χ3n) is 4.65. The summed E-state index contributed by atoms with van der Waals surface area (Å²) in [6, 6.07) is 6.89. The predicted molar refractivity (Wildman–Crippen MR) is 102 cm³/mol. The van der Waals surface area contributed by atoms with Crippen molar-refractivity contribution in [1.82, 2.24) is 10.2 Å². The van der Waals surface area contributed by atoms with Crippen molar-refractivity contribution in [2.45, 2.75) is 6.10 Å². The molecule has 0 saturated heterocycles. The van der Waals surface area contributed by atoms with E-state index in [1.165, 1.54) is 18.0 Å². The smallest absolute Gasteiger partial charge is 0.262 e. The van der Waals surface area contributed by atoms with Crippen LogP contribution in [0.1, 0.15) is 0 Å². The molecule has 0 aliphatic carbocycles. The predicted octanol–water partition coefficient (Wildman–Crippen LogP) is 0.0242. The number of sulfonamides is 1. The molecule has 1 atom stereocenters. The maximum Gasteiger partial charge on any atom is 0.262 e. The monoisotopic (exact) mass is 402 g/mol. The van der Waals surface area contributed by atoms with Gasteiger partial charge in [0.15, 0.2) is 11.9 Å². The number of anilines is 1. The standard InChI is InChI=1S/C18H18N4O5S/c1-19-17(23)15-11-22(13-6-2-3-7-14(13)27-15)18(24)12-5-4-8-21-9-10-28(25,26)20-16(12)21/h2-8,15H,9-11H2,1H3,(H,19,23)/t15-/m0/s1. The van der Waals surface area contributed by atoms with Gasteiger partial charge in [0.05, 0.1) is 23.6 Å². The Morgan fingerprint density at radius 3 is 2.86 bits per heavy atom. The first kappa shape index (κ1) is 18.2. The number of nitrogens with one attached hydrogen (secondary N) is 1. The lowest BCUT2D eigenvalue weighted by Crippen LogP contribution is -2.52. The van der Waals surface area contributed by atoms with Gasteiger partial charge in [0.1, 0.15) is 5.75 Å². The summed E-state index contributed by atoms with van der Waals surface area (Å²) in [6.45, 7) is 0.222. The van der Waals surface area contributed by atoms with Crippen LogP contribution < -0.4 is 15.0 Å². The lowest BCUT2D eigenvalue weighted by Gasteiger charge is -2.36. The lowest BCUT2D eigenvalue weighted by atomic mass is 10.1. The van der Waals surface area contributed by atoms with Crippen molar-refractivity contribution < 1.29 is 22.7 Å². The van der Waals surface area contributed by atoms with Crippen molar-refractivity contribution in [3.63, 3.8) is 0 Å². The van der Waals surface area contributed by atoms with Gasteiger partial charge >= 0.3 is 0 Å². The highest BCUT2D eigenvalue weighted by Crippen LogP contribution is 2.34. The molecule has 28 heavy (non-hydrogen) atoms. The molecule has 3 heterocycles. The van der Waals surface area contributed by atoms with E-state index in [1.54, 1.807) is 41.4 Å². The molecule has 3 aliphatic heterocycles. The van der Waals surface area contributed by atoms with Crippen LogP contribution in [0.3, 0.4) is 0 Å². The maximum absolute atomic E-state index is 13.4. The van der Waals surface area contributed by atoms with Crippen LogP contribution in [-0.4, -0.2) is 63.0 Å². The summed E-state index contributed by atoms with van der Waals surface area (Å²) < 4.78 is 33.4. The molecular weight excluding hydrogens is 384 g/mol. The van der Waals surface area contributed by atoms with Crippen molar-refractivity contribution in [2.75, 3.05) is 30.8 Å². The first-order valence-electron chi connectivity index (χ1n) is 8.67. The highest BCUT2D eigenvalue weighted by molar-refractivity contribution is 7.90. The molecule has 1 aromatic rings. The second kappa shape index (κ2) is 6.79. The van der Waals surface area contributed by atoms with Gasteiger partial charge in [-0.05, 0) is 24.3 Å². The highest BCUT2D eigenvalue weighted by atomic mass is 32.2. The van der Waals surface area contributed by atoms with Gasteiger partial charge in [-0.15, -0.1) is 4.40 Å². The Bertz CT molecular complexity index is 1040. The average Bonchev–Trinajstić information content (AvgIpc) is 2.70. The van der Waals surface area contributed by atoms with E-state index in [9.17, 15) is 18.0 Å². The maximum atomic E-state index is 13.4. The van der Waals surface area contributed by atoms with Crippen LogP contribution in [0.15, 0.2) is 52.6 Å². The van der Waals surface area contributed by atoms with E-state index in [4.69, 9.17) is 4.74 Å². The van der Waals surface area contributed by atoms with Gasteiger partial charge in [0.25, 0.3) is 21.8 Å². The summed E-state index contributed by atoms with van der Waals surface area (Å²) in [7, 11) is -2.13. The molecule has 2 amide bonds. The molecule has 0 spiro atoms. The topological polar surface area (TPSA) is 108 Å². The molecule has 3 aliphatic rings. The van der Waals surface area contributed by atoms with Gasteiger partial charge in [-0.1, -0.05) is 12.1 Å². The third-order valence-corrected chi connectivity index (χ3v) is 5.80. The molecule has 1 N–H and O–H groups in total. The van der Waals surface area contributed by atoms with Crippen molar-refractivity contribution in [1.29, 1.82) is 0 Å². The number of amidine groups is 1. The van der Waals surface area contributed by atoms with E-state index >= 15 is 0 Å². The first-order chi connectivity index (χ1) is 13.4. The molecule has 0 radical (unpaired) electrons. The number of hydrogen-bond donors (Lipinski definition) is 1. The third kappa shape index (κ3) is 3.15. The van der Waals surface area contributed by atoms with Gasteiger partial charge in [0.2, 0.25) is 0 Å². The van der Waals surface area contributed by atoms with Crippen LogP contribution >= 0.6 is 0 Å². The van der Waals surface area contributed by atoms with Crippen LogP contribution in [0.4, 0.5) is 5.69 Å². The fraction of sp³-hybridized carbons (Fsp3) is 0.278. The zero-order chi connectivity index (χ0) is 19.9. The number of carbonyl (C=O) groups is 2. The van der Waals surface area contributed by atoms with Crippen molar-refractivity contribution >= 4 is 33.4 Å². The Kier molecular flexibility index (Phi) is 4.42. The number of rotatable bonds is 2. The average molecular weight is 402 g/mol. The number of hydrogen-bond acceptors (Lipinski definition) is 6. The lowest BCUT2D eigenvalue weighted by molar-refractivity contribution is -0.127. The number of carbonyl (C=O) groups excluding carboxylic acids is 2. The summed E-state index contributed by atoms with van der Waals surface area (Å²) in [5, 5.41) is 2.52. The second-order valence-electron chi connectivity index (χ2n) is 6.42. The van der Waals surface area contributed by atoms with Crippen molar-refractivity contribution in [3.8, 4) is 5.75 Å². The molecule has 4 rings (SSSR count). The molecule has 0 aromatic heterocycles. The highest BCUT2D eigenvalue weighted by Gasteiger charge is 2.37. The first-order valence-corrected chi connectivity index (χ1v) is 10.3. The Morgan fingerprint density at radius 1 is 1.29 bits per heavy atom. The fourth-order valence-electron chi connectivity index (χ4n) is 3.25. The summed E-state index contributed by atoms with van der Waals surface area (Å²) in [5.41, 5.74) is 0.659. The van der Waals surface area contributed by atoms with Gasteiger partial charge in [0, 0.05) is 19.8 Å². The molecule has 0 bridgehead atoms. The number of para-hydroxylation sites is 2. The molecular formula is C18H18N4O5S.